The van der Waals surface area contributed by atoms with Crippen molar-refractivity contribution in [2.24, 2.45) is 0 Å². The number of furan rings is 1. The fourth-order valence-corrected chi connectivity index (χ4v) is 3.44. The Morgan fingerprint density at radius 2 is 2.00 bits per heavy atom. The molecule has 128 valence electrons. The van der Waals surface area contributed by atoms with E-state index in [0.717, 1.165) is 44.5 Å². The van der Waals surface area contributed by atoms with Gasteiger partial charge in [0, 0.05) is 18.2 Å². The van der Waals surface area contributed by atoms with Crippen molar-refractivity contribution < 1.29 is 9.21 Å². The van der Waals surface area contributed by atoms with E-state index in [2.05, 4.69) is 12.2 Å². The number of benzene rings is 1. The minimum absolute atomic E-state index is 0.0259. The molecule has 4 nitrogen and oxygen atoms in total. The number of piperidine rings is 1. The number of nitrogens with one attached hydrogen (secondary N) is 1. The van der Waals surface area contributed by atoms with Crippen LogP contribution in [0, 0.1) is 0 Å². The minimum Gasteiger partial charge on any atom is -0.451 e. The number of hydrogen-bond donors (Lipinski definition) is 1. The smallest absolute Gasteiger partial charge is 0.289 e. The van der Waals surface area contributed by atoms with Crippen LogP contribution < -0.4 is 5.32 Å². The summed E-state index contributed by atoms with van der Waals surface area (Å²) in [6.45, 7) is 4.77. The van der Waals surface area contributed by atoms with Gasteiger partial charge in [-0.1, -0.05) is 30.7 Å². The standard InChI is InChI=1S/C19H23ClN2O2/c1-2-13-22(14-9-11-21-12-10-14)19(23)18-8-7-17(24-18)15-5-3-4-6-16(15)20/h3-8,14,21H,2,9-13H2,1H3. The number of amides is 1. The van der Waals surface area contributed by atoms with Gasteiger partial charge in [-0.15, -0.1) is 0 Å². The molecule has 1 N–H and O–H groups in total. The van der Waals surface area contributed by atoms with E-state index in [9.17, 15) is 4.79 Å². The summed E-state index contributed by atoms with van der Waals surface area (Å²) in [5.41, 5.74) is 0.808. The summed E-state index contributed by atoms with van der Waals surface area (Å²) in [5.74, 6) is 0.990. The fourth-order valence-electron chi connectivity index (χ4n) is 3.21. The van der Waals surface area contributed by atoms with E-state index >= 15 is 0 Å². The molecule has 3 rings (SSSR count). The van der Waals surface area contributed by atoms with Gasteiger partial charge in [0.15, 0.2) is 5.76 Å². The second kappa shape index (κ2) is 7.86. The van der Waals surface area contributed by atoms with Gasteiger partial charge in [0.1, 0.15) is 5.76 Å². The summed E-state index contributed by atoms with van der Waals surface area (Å²) in [7, 11) is 0. The minimum atomic E-state index is -0.0259. The lowest BCUT2D eigenvalue weighted by Gasteiger charge is -2.34. The first-order chi connectivity index (χ1) is 11.7. The predicted molar refractivity (Wildman–Crippen MR) is 96.4 cm³/mol. The van der Waals surface area contributed by atoms with Crippen molar-refractivity contribution in [3.63, 3.8) is 0 Å². The largest absolute Gasteiger partial charge is 0.451 e. The van der Waals surface area contributed by atoms with Crippen LogP contribution in [-0.4, -0.2) is 36.5 Å². The van der Waals surface area contributed by atoms with Crippen molar-refractivity contribution in [1.82, 2.24) is 10.2 Å². The topological polar surface area (TPSA) is 45.5 Å². The first-order valence-corrected chi connectivity index (χ1v) is 8.95. The van der Waals surface area contributed by atoms with Gasteiger partial charge in [-0.25, -0.2) is 0 Å². The summed E-state index contributed by atoms with van der Waals surface area (Å²) in [6, 6.07) is 11.4. The monoisotopic (exact) mass is 346 g/mol. The van der Waals surface area contributed by atoms with Crippen molar-refractivity contribution in [2.75, 3.05) is 19.6 Å². The van der Waals surface area contributed by atoms with Crippen LogP contribution in [0.4, 0.5) is 0 Å². The highest BCUT2D eigenvalue weighted by Crippen LogP contribution is 2.29. The molecule has 0 unspecified atom stereocenters. The molecular weight excluding hydrogens is 324 g/mol. The lowest BCUT2D eigenvalue weighted by atomic mass is 10.0. The Morgan fingerprint density at radius 3 is 2.71 bits per heavy atom. The Hall–Kier alpha value is -1.78. The van der Waals surface area contributed by atoms with Gasteiger partial charge in [-0.05, 0) is 56.6 Å². The molecule has 5 heteroatoms. The van der Waals surface area contributed by atoms with Crippen LogP contribution >= 0.6 is 11.6 Å². The summed E-state index contributed by atoms with van der Waals surface area (Å²) >= 11 is 6.22. The van der Waals surface area contributed by atoms with E-state index < -0.39 is 0 Å². The number of carbonyl (C=O) groups excluding carboxylic acids is 1. The van der Waals surface area contributed by atoms with Gasteiger partial charge < -0.3 is 14.6 Å². The molecule has 1 aliphatic rings. The Bertz CT molecular complexity index is 692. The lowest BCUT2D eigenvalue weighted by molar-refractivity contribution is 0.0611. The molecule has 2 aromatic rings. The molecule has 1 fully saturated rings. The molecule has 0 spiro atoms. The molecule has 1 aliphatic heterocycles. The SMILES string of the molecule is CCCN(C(=O)c1ccc(-c2ccccc2Cl)o1)C1CCNCC1. The maximum atomic E-state index is 12.9. The van der Waals surface area contributed by atoms with Crippen LogP contribution in [0.25, 0.3) is 11.3 Å². The highest BCUT2D eigenvalue weighted by Gasteiger charge is 2.27. The quantitative estimate of drug-likeness (QED) is 0.882. The number of nitrogens with zero attached hydrogens (tertiary/aromatic N) is 1. The van der Waals surface area contributed by atoms with Crippen LogP contribution in [0.1, 0.15) is 36.7 Å². The van der Waals surface area contributed by atoms with Crippen molar-refractivity contribution in [2.45, 2.75) is 32.2 Å². The summed E-state index contributed by atoms with van der Waals surface area (Å²) in [5, 5.41) is 3.97. The van der Waals surface area contributed by atoms with E-state index in [0.29, 0.717) is 16.5 Å². The molecule has 0 atom stereocenters. The molecule has 1 aromatic heterocycles. The van der Waals surface area contributed by atoms with Crippen LogP contribution in [0.15, 0.2) is 40.8 Å². The van der Waals surface area contributed by atoms with Gasteiger partial charge >= 0.3 is 0 Å². The molecular formula is C19H23ClN2O2. The number of carbonyl (C=O) groups is 1. The normalized spacial score (nSPS) is 15.4. The fraction of sp³-hybridized carbons (Fsp3) is 0.421. The number of rotatable bonds is 5. The van der Waals surface area contributed by atoms with Crippen molar-refractivity contribution >= 4 is 17.5 Å². The van der Waals surface area contributed by atoms with E-state index in [-0.39, 0.29) is 11.9 Å². The summed E-state index contributed by atoms with van der Waals surface area (Å²) in [4.78, 5) is 14.9. The predicted octanol–water partition coefficient (Wildman–Crippen LogP) is 4.20. The van der Waals surface area contributed by atoms with Crippen LogP contribution in [0.2, 0.25) is 5.02 Å². The molecule has 1 saturated heterocycles. The molecule has 2 heterocycles. The van der Waals surface area contributed by atoms with Gasteiger partial charge in [0.25, 0.3) is 5.91 Å². The number of hydrogen-bond acceptors (Lipinski definition) is 3. The molecule has 0 saturated carbocycles. The highest BCUT2D eigenvalue weighted by atomic mass is 35.5. The molecule has 0 bridgehead atoms. The zero-order valence-electron chi connectivity index (χ0n) is 13.9. The highest BCUT2D eigenvalue weighted by molar-refractivity contribution is 6.33. The third-order valence-electron chi connectivity index (χ3n) is 4.43. The summed E-state index contributed by atoms with van der Waals surface area (Å²) in [6.07, 6.45) is 2.92. The first kappa shape index (κ1) is 17.1. The molecule has 24 heavy (non-hydrogen) atoms. The Morgan fingerprint density at radius 1 is 1.25 bits per heavy atom. The van der Waals surface area contributed by atoms with E-state index in [4.69, 9.17) is 16.0 Å². The zero-order chi connectivity index (χ0) is 16.9. The second-order valence-corrected chi connectivity index (χ2v) is 6.53. The first-order valence-electron chi connectivity index (χ1n) is 8.57. The third-order valence-corrected chi connectivity index (χ3v) is 4.76. The molecule has 0 aliphatic carbocycles. The van der Waals surface area contributed by atoms with E-state index in [1.807, 2.05) is 35.2 Å². The van der Waals surface area contributed by atoms with Crippen LogP contribution in [-0.2, 0) is 0 Å². The van der Waals surface area contributed by atoms with Gasteiger partial charge in [0.2, 0.25) is 0 Å². The van der Waals surface area contributed by atoms with E-state index in [1.165, 1.54) is 0 Å². The van der Waals surface area contributed by atoms with Crippen LogP contribution in [0.5, 0.6) is 0 Å². The summed E-state index contributed by atoms with van der Waals surface area (Å²) < 4.78 is 5.84. The average Bonchev–Trinajstić information content (AvgIpc) is 3.10. The molecule has 0 radical (unpaired) electrons. The maximum absolute atomic E-state index is 12.9. The molecule has 1 amide bonds. The Kier molecular flexibility index (Phi) is 5.59. The van der Waals surface area contributed by atoms with Crippen molar-refractivity contribution in [3.05, 3.63) is 47.2 Å². The Labute approximate surface area is 147 Å². The van der Waals surface area contributed by atoms with Crippen LogP contribution in [0.3, 0.4) is 0 Å². The second-order valence-electron chi connectivity index (χ2n) is 6.12. The van der Waals surface area contributed by atoms with Gasteiger partial charge in [-0.2, -0.15) is 0 Å². The molecule has 1 aromatic carbocycles. The maximum Gasteiger partial charge on any atom is 0.289 e. The van der Waals surface area contributed by atoms with Crippen molar-refractivity contribution in [3.8, 4) is 11.3 Å². The lowest BCUT2D eigenvalue weighted by Crippen LogP contribution is -2.46. The van der Waals surface area contributed by atoms with E-state index in [1.54, 1.807) is 6.07 Å². The van der Waals surface area contributed by atoms with Crippen molar-refractivity contribution in [1.29, 1.82) is 0 Å². The number of halogens is 1. The third kappa shape index (κ3) is 3.65. The van der Waals surface area contributed by atoms with Gasteiger partial charge in [0.05, 0.1) is 5.02 Å². The average molecular weight is 347 g/mol. The Balaban J connectivity index is 1.82. The van der Waals surface area contributed by atoms with Gasteiger partial charge in [-0.3, -0.25) is 4.79 Å². The zero-order valence-corrected chi connectivity index (χ0v) is 14.7.